The Morgan fingerprint density at radius 2 is 2.22 bits per heavy atom. The van der Waals surface area contributed by atoms with Gasteiger partial charge in [0.1, 0.15) is 5.84 Å². The van der Waals surface area contributed by atoms with Gasteiger partial charge in [0.2, 0.25) is 0 Å². The molecule has 8 heteroatoms. The second-order valence-electron chi connectivity index (χ2n) is 8.22. The number of aromatic amines is 1. The molecule has 0 atom stereocenters. The first-order chi connectivity index (χ1) is 15.5. The lowest BCUT2D eigenvalue weighted by molar-refractivity contribution is 0.115. The summed E-state index contributed by atoms with van der Waals surface area (Å²) in [4.78, 5) is 18.3. The minimum Gasteiger partial charge on any atom is -0.447 e. The van der Waals surface area contributed by atoms with Crippen molar-refractivity contribution >= 4 is 28.5 Å². The third-order valence-corrected chi connectivity index (χ3v) is 5.41. The van der Waals surface area contributed by atoms with E-state index in [1.807, 2.05) is 38.2 Å². The number of amidine groups is 1. The van der Waals surface area contributed by atoms with Crippen LogP contribution in [0.5, 0.6) is 0 Å². The molecule has 0 saturated carbocycles. The second-order valence-corrected chi connectivity index (χ2v) is 8.22. The number of nitrogens with zero attached hydrogens (tertiary/aromatic N) is 3. The molecule has 0 aliphatic carbocycles. The van der Waals surface area contributed by atoms with E-state index in [1.54, 1.807) is 7.05 Å². The average Bonchev–Trinajstić information content (AvgIpc) is 3.24. The number of nitrogens with one attached hydrogen (secondary N) is 3. The van der Waals surface area contributed by atoms with Gasteiger partial charge in [-0.15, -0.1) is 0 Å². The van der Waals surface area contributed by atoms with Crippen molar-refractivity contribution in [2.24, 2.45) is 4.99 Å². The molecule has 1 aliphatic heterocycles. The van der Waals surface area contributed by atoms with Crippen LogP contribution in [0, 0.1) is 0 Å². The van der Waals surface area contributed by atoms with Gasteiger partial charge >= 0.3 is 6.09 Å². The van der Waals surface area contributed by atoms with E-state index in [1.165, 1.54) is 5.57 Å². The zero-order valence-corrected chi connectivity index (χ0v) is 19.3. The Hall–Kier alpha value is -3.13. The van der Waals surface area contributed by atoms with E-state index in [0.717, 1.165) is 66.9 Å². The predicted octanol–water partition coefficient (Wildman–Crippen LogP) is 4.11. The predicted molar refractivity (Wildman–Crippen MR) is 130 cm³/mol. The maximum atomic E-state index is 11.5. The van der Waals surface area contributed by atoms with Gasteiger partial charge in [0.15, 0.2) is 0 Å². The summed E-state index contributed by atoms with van der Waals surface area (Å²) in [5.74, 6) is 0.784. The van der Waals surface area contributed by atoms with E-state index < -0.39 is 0 Å². The molecule has 1 aliphatic rings. The number of ether oxygens (including phenoxy) is 1. The van der Waals surface area contributed by atoms with Gasteiger partial charge in [-0.3, -0.25) is 15.0 Å². The molecular formula is C24H34N6O2. The highest BCUT2D eigenvalue weighted by Crippen LogP contribution is 2.22. The van der Waals surface area contributed by atoms with Crippen molar-refractivity contribution in [3.05, 3.63) is 48.2 Å². The Bertz CT molecular complexity index is 991. The largest absolute Gasteiger partial charge is 0.447 e. The first kappa shape index (κ1) is 23.5. The molecule has 0 unspecified atom stereocenters. The minimum atomic E-state index is -0.337. The van der Waals surface area contributed by atoms with Gasteiger partial charge in [0, 0.05) is 43.3 Å². The van der Waals surface area contributed by atoms with E-state index in [2.05, 4.69) is 43.4 Å². The van der Waals surface area contributed by atoms with Crippen LogP contribution in [0.25, 0.3) is 10.9 Å². The van der Waals surface area contributed by atoms with Gasteiger partial charge in [0.25, 0.3) is 0 Å². The first-order valence-electron chi connectivity index (χ1n) is 11.2. The Morgan fingerprint density at radius 1 is 1.38 bits per heavy atom. The van der Waals surface area contributed by atoms with Gasteiger partial charge in [0.05, 0.1) is 17.8 Å². The van der Waals surface area contributed by atoms with Crippen molar-refractivity contribution in [3.63, 3.8) is 0 Å². The molecule has 1 aromatic carbocycles. The van der Waals surface area contributed by atoms with Crippen LogP contribution in [0.15, 0.2) is 53.2 Å². The summed E-state index contributed by atoms with van der Waals surface area (Å²) in [6.07, 6.45) is 6.54. The minimum absolute atomic E-state index is 0.0901. The number of hydrogen-bond acceptors (Lipinski definition) is 5. The molecule has 0 spiro atoms. The lowest BCUT2D eigenvalue weighted by atomic mass is 9.99. The maximum absolute atomic E-state index is 11.5. The number of alkyl carbamates (subject to hydrolysis) is 1. The molecule has 3 rings (SSSR count). The molecule has 1 aromatic heterocycles. The molecule has 1 amide bonds. The van der Waals surface area contributed by atoms with Crippen molar-refractivity contribution in [2.75, 3.05) is 38.5 Å². The number of carbonyl (C=O) groups is 1. The second kappa shape index (κ2) is 11.5. The maximum Gasteiger partial charge on any atom is 0.407 e. The standard InChI is InChI=1S/C24H34N6O2/c1-17(2)32-24(31)26-11-5-6-12-30-13-9-19(10-14-30)18(3)23(25-4)28-21-7-8-22-20(15-21)16-27-29-22/h7-9,15-17H,3,5-6,10-14H2,1-2,4H3,(H,25,28)(H,26,31)(H,27,29). The fourth-order valence-electron chi connectivity index (χ4n) is 3.67. The topological polar surface area (TPSA) is 94.6 Å². The van der Waals surface area contributed by atoms with Crippen molar-refractivity contribution in [3.8, 4) is 0 Å². The van der Waals surface area contributed by atoms with Crippen LogP contribution in [-0.4, -0.2) is 66.4 Å². The van der Waals surface area contributed by atoms with Crippen LogP contribution in [0.3, 0.4) is 0 Å². The summed E-state index contributed by atoms with van der Waals surface area (Å²) in [5.41, 5.74) is 4.14. The summed E-state index contributed by atoms with van der Waals surface area (Å²) < 4.78 is 5.07. The average molecular weight is 439 g/mol. The number of unbranched alkanes of at least 4 members (excludes halogenated alkanes) is 1. The summed E-state index contributed by atoms with van der Waals surface area (Å²) in [7, 11) is 1.78. The molecule has 2 aromatic rings. The SMILES string of the molecule is C=C(C1=CCN(CCCCNC(=O)OC(C)C)CC1)C(=NC)Nc1ccc2[nH]ncc2c1. The summed E-state index contributed by atoms with van der Waals surface area (Å²) in [5, 5.41) is 14.3. The van der Waals surface area contributed by atoms with Crippen molar-refractivity contribution in [1.29, 1.82) is 0 Å². The van der Waals surface area contributed by atoms with Crippen LogP contribution in [-0.2, 0) is 4.74 Å². The van der Waals surface area contributed by atoms with Gasteiger partial charge in [-0.1, -0.05) is 12.7 Å². The Labute approximate surface area is 189 Å². The molecule has 8 nitrogen and oxygen atoms in total. The third kappa shape index (κ3) is 6.68. The number of carbonyl (C=O) groups excluding carboxylic acids is 1. The number of amides is 1. The van der Waals surface area contributed by atoms with Gasteiger partial charge in [-0.2, -0.15) is 5.10 Å². The summed E-state index contributed by atoms with van der Waals surface area (Å²) in [6.45, 7) is 11.5. The highest BCUT2D eigenvalue weighted by atomic mass is 16.6. The molecule has 2 heterocycles. The number of benzene rings is 1. The van der Waals surface area contributed by atoms with Crippen molar-refractivity contribution in [1.82, 2.24) is 20.4 Å². The number of hydrogen-bond donors (Lipinski definition) is 3. The number of aliphatic imine (C=N–C) groups is 1. The van der Waals surface area contributed by atoms with E-state index in [4.69, 9.17) is 4.74 Å². The molecule has 32 heavy (non-hydrogen) atoms. The summed E-state index contributed by atoms with van der Waals surface area (Å²) >= 11 is 0. The molecule has 0 bridgehead atoms. The van der Waals surface area contributed by atoms with Crippen molar-refractivity contribution < 1.29 is 9.53 Å². The lowest BCUT2D eigenvalue weighted by Gasteiger charge is -2.27. The monoisotopic (exact) mass is 438 g/mol. The smallest absolute Gasteiger partial charge is 0.407 e. The van der Waals surface area contributed by atoms with E-state index >= 15 is 0 Å². The van der Waals surface area contributed by atoms with Gasteiger partial charge in [-0.25, -0.2) is 4.79 Å². The van der Waals surface area contributed by atoms with Crippen LogP contribution in [0.1, 0.15) is 33.1 Å². The quantitative estimate of drug-likeness (QED) is 0.311. The molecule has 0 fully saturated rings. The van der Waals surface area contributed by atoms with Gasteiger partial charge < -0.3 is 15.4 Å². The first-order valence-corrected chi connectivity index (χ1v) is 11.2. The van der Waals surface area contributed by atoms with Crippen LogP contribution < -0.4 is 10.6 Å². The zero-order valence-electron chi connectivity index (χ0n) is 19.3. The third-order valence-electron chi connectivity index (χ3n) is 5.41. The summed E-state index contributed by atoms with van der Waals surface area (Å²) in [6, 6.07) is 6.06. The number of fused-ring (bicyclic) bond motifs is 1. The molecule has 3 N–H and O–H groups in total. The van der Waals surface area contributed by atoms with E-state index in [-0.39, 0.29) is 12.2 Å². The number of anilines is 1. The van der Waals surface area contributed by atoms with E-state index in [0.29, 0.717) is 6.54 Å². The Kier molecular flexibility index (Phi) is 8.44. The number of rotatable bonds is 9. The normalized spacial score (nSPS) is 15.0. The fraction of sp³-hybridized carbons (Fsp3) is 0.458. The van der Waals surface area contributed by atoms with Gasteiger partial charge in [-0.05, 0) is 63.4 Å². The van der Waals surface area contributed by atoms with Crippen LogP contribution in [0.4, 0.5) is 10.5 Å². The number of H-pyrrole nitrogens is 1. The Balaban J connectivity index is 1.43. The highest BCUT2D eigenvalue weighted by Gasteiger charge is 2.16. The number of aromatic nitrogens is 2. The van der Waals surface area contributed by atoms with Crippen LogP contribution in [0.2, 0.25) is 0 Å². The molecule has 0 radical (unpaired) electrons. The molecule has 0 saturated heterocycles. The molecular weight excluding hydrogens is 404 g/mol. The van der Waals surface area contributed by atoms with E-state index in [9.17, 15) is 4.79 Å². The van der Waals surface area contributed by atoms with Crippen molar-refractivity contribution in [2.45, 2.75) is 39.2 Å². The highest BCUT2D eigenvalue weighted by molar-refractivity contribution is 6.10. The molecule has 172 valence electrons. The Morgan fingerprint density at radius 3 is 2.94 bits per heavy atom. The van der Waals surface area contributed by atoms with Crippen LogP contribution >= 0.6 is 0 Å². The lowest BCUT2D eigenvalue weighted by Crippen LogP contribution is -2.32. The fourth-order valence-corrected chi connectivity index (χ4v) is 3.67. The zero-order chi connectivity index (χ0) is 22.9.